The van der Waals surface area contributed by atoms with Crippen LogP contribution in [0, 0.1) is 6.92 Å². The average molecular weight is 361 g/mol. The molecular weight excluding hydrogens is 347 g/mol. The maximum Gasteiger partial charge on any atom is 0.416 e. The Balaban J connectivity index is 1.69. The Morgan fingerprint density at radius 2 is 1.72 bits per heavy atom. The Morgan fingerprint density at radius 3 is 2.36 bits per heavy atom. The van der Waals surface area contributed by atoms with Gasteiger partial charge in [-0.3, -0.25) is 5.43 Å². The number of hydrazone groups is 1. The van der Waals surface area contributed by atoms with E-state index in [1.54, 1.807) is 0 Å². The molecule has 0 atom stereocenters. The van der Waals surface area contributed by atoms with Gasteiger partial charge in [-0.15, -0.1) is 11.3 Å². The minimum absolute atomic E-state index is 0.567. The third kappa shape index (κ3) is 4.24. The van der Waals surface area contributed by atoms with Gasteiger partial charge >= 0.3 is 6.18 Å². The molecule has 1 aromatic heterocycles. The molecule has 0 amide bonds. The van der Waals surface area contributed by atoms with Crippen LogP contribution in [0.1, 0.15) is 16.0 Å². The van der Waals surface area contributed by atoms with Gasteiger partial charge in [0.1, 0.15) is 0 Å². The lowest BCUT2D eigenvalue weighted by Gasteiger charge is -2.05. The molecule has 3 rings (SSSR count). The van der Waals surface area contributed by atoms with Gasteiger partial charge in [0.05, 0.1) is 17.5 Å². The van der Waals surface area contributed by atoms with Gasteiger partial charge in [0.2, 0.25) is 5.13 Å². The number of anilines is 1. The van der Waals surface area contributed by atoms with Crippen molar-refractivity contribution in [3.05, 3.63) is 70.6 Å². The monoisotopic (exact) mass is 361 g/mol. The number of thiazole rings is 1. The fourth-order valence-corrected chi connectivity index (χ4v) is 3.01. The van der Waals surface area contributed by atoms with E-state index in [0.29, 0.717) is 10.7 Å². The molecule has 0 fully saturated rings. The summed E-state index contributed by atoms with van der Waals surface area (Å²) in [5, 5.41) is 4.67. The SMILES string of the molecule is Cc1sc(N/N=C/c2ccc(C(F)(F)F)cc2)nc1-c1ccccc1. The third-order valence-electron chi connectivity index (χ3n) is 3.46. The predicted molar refractivity (Wildman–Crippen MR) is 94.9 cm³/mol. The van der Waals surface area contributed by atoms with Crippen LogP contribution in [0.2, 0.25) is 0 Å². The van der Waals surface area contributed by atoms with E-state index >= 15 is 0 Å². The van der Waals surface area contributed by atoms with Crippen molar-refractivity contribution in [2.45, 2.75) is 13.1 Å². The quantitative estimate of drug-likeness (QED) is 0.486. The molecule has 0 aliphatic rings. The molecule has 0 aliphatic carbocycles. The van der Waals surface area contributed by atoms with Crippen molar-refractivity contribution in [2.75, 3.05) is 5.43 Å². The number of hydrogen-bond acceptors (Lipinski definition) is 4. The highest BCUT2D eigenvalue weighted by atomic mass is 32.1. The molecule has 1 heterocycles. The lowest BCUT2D eigenvalue weighted by Crippen LogP contribution is -2.04. The van der Waals surface area contributed by atoms with Crippen LogP contribution in [0.25, 0.3) is 11.3 Å². The first-order valence-electron chi connectivity index (χ1n) is 7.42. The standard InChI is InChI=1S/C18H14F3N3S/c1-12-16(14-5-3-2-4-6-14)23-17(25-12)24-22-11-13-7-9-15(10-8-13)18(19,20)21/h2-11H,1H3,(H,23,24)/b22-11+. The molecule has 0 bridgehead atoms. The van der Waals surface area contributed by atoms with Crippen molar-refractivity contribution in [1.82, 2.24) is 4.98 Å². The zero-order valence-electron chi connectivity index (χ0n) is 13.2. The van der Waals surface area contributed by atoms with E-state index < -0.39 is 11.7 Å². The predicted octanol–water partition coefficient (Wildman–Crippen LogP) is 5.58. The van der Waals surface area contributed by atoms with E-state index in [0.717, 1.165) is 28.3 Å². The van der Waals surface area contributed by atoms with Crippen LogP contribution in [0.5, 0.6) is 0 Å². The lowest BCUT2D eigenvalue weighted by atomic mass is 10.1. The Kier molecular flexibility index (Phi) is 4.85. The molecular formula is C18H14F3N3S. The molecule has 128 valence electrons. The third-order valence-corrected chi connectivity index (χ3v) is 4.33. The van der Waals surface area contributed by atoms with Crippen molar-refractivity contribution >= 4 is 22.7 Å². The van der Waals surface area contributed by atoms with E-state index in [9.17, 15) is 13.2 Å². The highest BCUT2D eigenvalue weighted by Gasteiger charge is 2.29. The average Bonchev–Trinajstić information content (AvgIpc) is 2.96. The summed E-state index contributed by atoms with van der Waals surface area (Å²) in [4.78, 5) is 5.56. The molecule has 3 aromatic rings. The van der Waals surface area contributed by atoms with E-state index in [1.807, 2.05) is 37.3 Å². The molecule has 2 aromatic carbocycles. The first-order valence-corrected chi connectivity index (χ1v) is 8.24. The topological polar surface area (TPSA) is 37.3 Å². The molecule has 0 aliphatic heterocycles. The summed E-state index contributed by atoms with van der Waals surface area (Å²) >= 11 is 1.47. The number of halogens is 3. The molecule has 0 radical (unpaired) electrons. The van der Waals surface area contributed by atoms with Gasteiger partial charge in [-0.25, -0.2) is 4.98 Å². The largest absolute Gasteiger partial charge is 0.416 e. The number of nitrogens with one attached hydrogen (secondary N) is 1. The number of hydrogen-bond donors (Lipinski definition) is 1. The van der Waals surface area contributed by atoms with Gasteiger partial charge in [0.15, 0.2) is 0 Å². The van der Waals surface area contributed by atoms with Gasteiger partial charge in [-0.1, -0.05) is 42.5 Å². The van der Waals surface area contributed by atoms with Gasteiger partial charge < -0.3 is 0 Å². The van der Waals surface area contributed by atoms with Crippen LogP contribution in [0.15, 0.2) is 59.7 Å². The summed E-state index contributed by atoms with van der Waals surface area (Å²) < 4.78 is 37.6. The van der Waals surface area contributed by atoms with Crippen LogP contribution in [0.4, 0.5) is 18.3 Å². The maximum absolute atomic E-state index is 12.5. The van der Waals surface area contributed by atoms with E-state index in [1.165, 1.54) is 29.7 Å². The summed E-state index contributed by atoms with van der Waals surface area (Å²) in [6.45, 7) is 1.98. The molecule has 0 unspecified atom stereocenters. The van der Waals surface area contributed by atoms with Crippen molar-refractivity contribution < 1.29 is 13.2 Å². The Hall–Kier alpha value is -2.67. The second-order valence-corrected chi connectivity index (χ2v) is 6.48. The summed E-state index contributed by atoms with van der Waals surface area (Å²) in [5.74, 6) is 0. The van der Waals surface area contributed by atoms with Gasteiger partial charge in [-0.05, 0) is 24.6 Å². The van der Waals surface area contributed by atoms with Gasteiger partial charge in [0.25, 0.3) is 0 Å². The normalized spacial score (nSPS) is 11.8. The maximum atomic E-state index is 12.5. The summed E-state index contributed by atoms with van der Waals surface area (Å²) in [7, 11) is 0. The molecule has 7 heteroatoms. The van der Waals surface area contributed by atoms with Gasteiger partial charge in [-0.2, -0.15) is 18.3 Å². The smallest absolute Gasteiger partial charge is 0.253 e. The van der Waals surface area contributed by atoms with Crippen molar-refractivity contribution in [3.8, 4) is 11.3 Å². The number of nitrogens with zero attached hydrogens (tertiary/aromatic N) is 2. The molecule has 3 nitrogen and oxygen atoms in total. The number of rotatable bonds is 4. The Labute approximate surface area is 146 Å². The van der Waals surface area contributed by atoms with Crippen LogP contribution >= 0.6 is 11.3 Å². The lowest BCUT2D eigenvalue weighted by molar-refractivity contribution is -0.137. The fraction of sp³-hybridized carbons (Fsp3) is 0.111. The number of benzene rings is 2. The summed E-state index contributed by atoms with van der Waals surface area (Å²) in [6.07, 6.45) is -2.88. The first-order chi connectivity index (χ1) is 11.9. The zero-order chi connectivity index (χ0) is 17.9. The van der Waals surface area contributed by atoms with Crippen LogP contribution in [-0.4, -0.2) is 11.2 Å². The number of alkyl halides is 3. The molecule has 25 heavy (non-hydrogen) atoms. The molecule has 0 spiro atoms. The van der Waals surface area contributed by atoms with Crippen LogP contribution in [-0.2, 0) is 6.18 Å². The highest BCUT2D eigenvalue weighted by Crippen LogP contribution is 2.30. The number of aryl methyl sites for hydroxylation is 1. The first kappa shape index (κ1) is 17.2. The minimum atomic E-state index is -4.33. The summed E-state index contributed by atoms with van der Waals surface area (Å²) in [5.41, 5.74) is 4.62. The Morgan fingerprint density at radius 1 is 1.04 bits per heavy atom. The van der Waals surface area contributed by atoms with Crippen molar-refractivity contribution in [3.63, 3.8) is 0 Å². The molecule has 1 N–H and O–H groups in total. The highest BCUT2D eigenvalue weighted by molar-refractivity contribution is 7.15. The van der Waals surface area contributed by atoms with E-state index in [-0.39, 0.29) is 0 Å². The van der Waals surface area contributed by atoms with E-state index in [2.05, 4.69) is 15.5 Å². The van der Waals surface area contributed by atoms with Crippen molar-refractivity contribution in [1.29, 1.82) is 0 Å². The number of aromatic nitrogens is 1. The molecule has 0 saturated heterocycles. The van der Waals surface area contributed by atoms with Gasteiger partial charge in [0, 0.05) is 10.4 Å². The second kappa shape index (κ2) is 7.06. The molecule has 0 saturated carbocycles. The fourth-order valence-electron chi connectivity index (χ4n) is 2.23. The van der Waals surface area contributed by atoms with E-state index in [4.69, 9.17) is 0 Å². The van der Waals surface area contributed by atoms with Crippen molar-refractivity contribution in [2.24, 2.45) is 5.10 Å². The zero-order valence-corrected chi connectivity index (χ0v) is 14.0. The minimum Gasteiger partial charge on any atom is -0.253 e. The second-order valence-electron chi connectivity index (χ2n) is 5.28. The van der Waals surface area contributed by atoms with Crippen LogP contribution in [0.3, 0.4) is 0 Å². The Bertz CT molecular complexity index is 869. The summed E-state index contributed by atoms with van der Waals surface area (Å²) in [6, 6.07) is 14.6. The van der Waals surface area contributed by atoms with Crippen LogP contribution < -0.4 is 5.43 Å².